The molecule has 0 saturated heterocycles. The third-order valence-electron chi connectivity index (χ3n) is 17.1. The Morgan fingerprint density at radius 1 is 0.319 bits per heavy atom. The first-order chi connectivity index (χ1) is 43.9. The maximum absolute atomic E-state index is 13.0. The molecule has 0 bridgehead atoms. The number of unbranched alkanes of at least 4 members (excludes halogenated alkanes) is 40. The predicted octanol–water partition coefficient (Wildman–Crippen LogP) is 20.8. The Bertz CT molecular complexity index is 1770. The van der Waals surface area contributed by atoms with E-state index in [1.54, 1.807) is 0 Å². The van der Waals surface area contributed by atoms with Crippen molar-refractivity contribution in [2.45, 2.75) is 387 Å². The van der Waals surface area contributed by atoms with E-state index >= 15 is 0 Å². The van der Waals surface area contributed by atoms with Crippen LogP contribution in [0.1, 0.15) is 369 Å². The van der Waals surface area contributed by atoms with Gasteiger partial charge in [-0.05, 0) is 37.5 Å². The van der Waals surface area contributed by atoms with E-state index in [1.165, 1.54) is 180 Å². The molecule has 0 rings (SSSR count). The summed E-state index contributed by atoms with van der Waals surface area (Å²) in [7, 11) is -9.90. The fourth-order valence-electron chi connectivity index (χ4n) is 10.9. The van der Waals surface area contributed by atoms with Crippen molar-refractivity contribution in [1.82, 2.24) is 0 Å². The van der Waals surface area contributed by atoms with Gasteiger partial charge in [0.15, 0.2) is 12.2 Å². The Labute approximate surface area is 556 Å². The van der Waals surface area contributed by atoms with Gasteiger partial charge in [0.2, 0.25) is 0 Å². The van der Waals surface area contributed by atoms with Gasteiger partial charge in [0.1, 0.15) is 19.3 Å². The van der Waals surface area contributed by atoms with Crippen molar-refractivity contribution < 1.29 is 80.2 Å². The average Bonchev–Trinajstić information content (AvgIpc) is 3.36. The summed E-state index contributed by atoms with van der Waals surface area (Å²) in [5, 5.41) is 10.6. The van der Waals surface area contributed by atoms with Gasteiger partial charge in [-0.3, -0.25) is 37.3 Å². The van der Waals surface area contributed by atoms with E-state index < -0.39 is 97.5 Å². The highest BCUT2D eigenvalue weighted by atomic mass is 31.2. The van der Waals surface area contributed by atoms with Crippen molar-refractivity contribution in [2.24, 2.45) is 11.8 Å². The van der Waals surface area contributed by atoms with E-state index in [1.807, 2.05) is 0 Å². The molecule has 0 aliphatic carbocycles. The zero-order valence-corrected chi connectivity index (χ0v) is 60.9. The van der Waals surface area contributed by atoms with Crippen LogP contribution >= 0.6 is 15.6 Å². The molecular formula is C72H140O17P2. The molecule has 0 aliphatic rings. The molecule has 0 aromatic carbocycles. The van der Waals surface area contributed by atoms with Crippen LogP contribution in [-0.4, -0.2) is 96.7 Å². The van der Waals surface area contributed by atoms with E-state index in [4.69, 9.17) is 37.0 Å². The van der Waals surface area contributed by atoms with E-state index in [0.717, 1.165) is 108 Å². The summed E-state index contributed by atoms with van der Waals surface area (Å²) in [5.74, 6) is -0.673. The smallest absolute Gasteiger partial charge is 0.462 e. The summed E-state index contributed by atoms with van der Waals surface area (Å²) >= 11 is 0. The SMILES string of the molecule is CCCCCCCCCCCCCCCCCC(=O)OC[C@H](COP(=O)(O)OC[C@@H](O)COP(=O)(O)OC[C@@H](COC(=O)CCCCCCCCC(C)CC)OC(=O)CCCCCCCCCCC(C)C)OC(=O)CCCCCCCCCCCCCCCCC. The molecule has 0 spiro atoms. The summed E-state index contributed by atoms with van der Waals surface area (Å²) in [4.78, 5) is 72.6. The van der Waals surface area contributed by atoms with Gasteiger partial charge in [-0.1, -0.05) is 318 Å². The molecule has 19 heteroatoms. The van der Waals surface area contributed by atoms with Gasteiger partial charge in [-0.15, -0.1) is 0 Å². The molecule has 6 atom stereocenters. The monoisotopic (exact) mass is 1340 g/mol. The number of phosphoric acid groups is 2. The van der Waals surface area contributed by atoms with Gasteiger partial charge in [0, 0.05) is 25.7 Å². The Morgan fingerprint density at radius 2 is 0.560 bits per heavy atom. The fourth-order valence-corrected chi connectivity index (χ4v) is 12.5. The van der Waals surface area contributed by atoms with Crippen molar-refractivity contribution in [3.8, 4) is 0 Å². The Kier molecular flexibility index (Phi) is 62.7. The molecule has 0 fully saturated rings. The van der Waals surface area contributed by atoms with E-state index in [2.05, 4.69) is 41.5 Å². The van der Waals surface area contributed by atoms with Gasteiger partial charge in [-0.2, -0.15) is 0 Å². The van der Waals surface area contributed by atoms with Crippen molar-refractivity contribution in [2.75, 3.05) is 39.6 Å². The van der Waals surface area contributed by atoms with E-state index in [9.17, 15) is 43.2 Å². The second-order valence-electron chi connectivity index (χ2n) is 26.7. The zero-order valence-electron chi connectivity index (χ0n) is 59.1. The molecule has 0 heterocycles. The lowest BCUT2D eigenvalue weighted by Gasteiger charge is -2.21. The minimum Gasteiger partial charge on any atom is -0.462 e. The van der Waals surface area contributed by atoms with Crippen LogP contribution in [0.3, 0.4) is 0 Å². The van der Waals surface area contributed by atoms with Crippen molar-refractivity contribution in [3.63, 3.8) is 0 Å². The first-order valence-electron chi connectivity index (χ1n) is 37.5. The quantitative estimate of drug-likeness (QED) is 0.0222. The molecular weight excluding hydrogens is 1200 g/mol. The normalized spacial score (nSPS) is 14.4. The van der Waals surface area contributed by atoms with Crippen molar-refractivity contribution in [1.29, 1.82) is 0 Å². The molecule has 0 amide bonds. The van der Waals surface area contributed by atoms with E-state index in [-0.39, 0.29) is 25.7 Å². The minimum absolute atomic E-state index is 0.104. The van der Waals surface area contributed by atoms with Crippen LogP contribution in [0.25, 0.3) is 0 Å². The van der Waals surface area contributed by atoms with Crippen LogP contribution in [0.2, 0.25) is 0 Å². The number of esters is 4. The number of hydrogen-bond acceptors (Lipinski definition) is 15. The van der Waals surface area contributed by atoms with Gasteiger partial charge in [0.05, 0.1) is 26.4 Å². The number of carbonyl (C=O) groups is 4. The van der Waals surface area contributed by atoms with Crippen LogP contribution in [0.15, 0.2) is 0 Å². The van der Waals surface area contributed by atoms with Crippen LogP contribution in [0.5, 0.6) is 0 Å². The van der Waals surface area contributed by atoms with Crippen LogP contribution in [0.4, 0.5) is 0 Å². The van der Waals surface area contributed by atoms with Crippen LogP contribution < -0.4 is 0 Å². The molecule has 540 valence electrons. The number of phosphoric ester groups is 2. The number of rotatable bonds is 71. The number of aliphatic hydroxyl groups is 1. The van der Waals surface area contributed by atoms with Crippen molar-refractivity contribution >= 4 is 39.5 Å². The highest BCUT2D eigenvalue weighted by molar-refractivity contribution is 7.47. The van der Waals surface area contributed by atoms with E-state index in [0.29, 0.717) is 25.7 Å². The topological polar surface area (TPSA) is 237 Å². The third-order valence-corrected chi connectivity index (χ3v) is 19.0. The molecule has 3 N–H and O–H groups in total. The number of hydrogen-bond donors (Lipinski definition) is 3. The predicted molar refractivity (Wildman–Crippen MR) is 368 cm³/mol. The highest BCUT2D eigenvalue weighted by Gasteiger charge is 2.30. The average molecular weight is 1340 g/mol. The molecule has 0 aromatic heterocycles. The summed E-state index contributed by atoms with van der Waals surface area (Å²) < 4.78 is 68.4. The molecule has 0 radical (unpaired) electrons. The molecule has 17 nitrogen and oxygen atoms in total. The molecule has 0 saturated carbocycles. The summed E-state index contributed by atoms with van der Waals surface area (Å²) in [6, 6.07) is 0. The summed E-state index contributed by atoms with van der Waals surface area (Å²) in [6.45, 7) is 9.49. The maximum Gasteiger partial charge on any atom is 0.472 e. The Balaban J connectivity index is 5.25. The second-order valence-corrected chi connectivity index (χ2v) is 29.6. The lowest BCUT2D eigenvalue weighted by Crippen LogP contribution is -2.30. The first-order valence-corrected chi connectivity index (χ1v) is 40.5. The minimum atomic E-state index is -4.95. The number of aliphatic hydroxyl groups excluding tert-OH is 1. The van der Waals surface area contributed by atoms with Gasteiger partial charge >= 0.3 is 39.5 Å². The standard InChI is InChI=1S/C72H140O17P2/c1-7-10-12-14-16-18-20-22-24-26-28-30-35-42-48-54-69(74)82-60-67(88-71(76)56-50-44-36-31-29-27-25-23-21-19-17-15-13-11-8-2)62-86-90(78,79)84-58-66(73)59-85-91(80,81)87-63-68(61-83-70(75)55-49-43-39-38-41-47-53-65(6)9-3)89-72(77)57-51-45-37-33-32-34-40-46-52-64(4)5/h64-68,73H,7-63H2,1-6H3,(H,78,79)(H,80,81)/t65?,66-,67-,68-/m1/s1. The molecule has 0 aromatic rings. The third kappa shape index (κ3) is 65.1. The largest absolute Gasteiger partial charge is 0.472 e. The highest BCUT2D eigenvalue weighted by Crippen LogP contribution is 2.45. The number of carbonyl (C=O) groups excluding carboxylic acids is 4. The van der Waals surface area contributed by atoms with Gasteiger partial charge in [0.25, 0.3) is 0 Å². The second kappa shape index (κ2) is 64.1. The van der Waals surface area contributed by atoms with Crippen LogP contribution in [0, 0.1) is 11.8 Å². The fraction of sp³-hybridized carbons (Fsp3) is 0.944. The van der Waals surface area contributed by atoms with Crippen LogP contribution in [-0.2, 0) is 65.4 Å². The molecule has 91 heavy (non-hydrogen) atoms. The number of ether oxygens (including phenoxy) is 4. The molecule has 3 unspecified atom stereocenters. The Morgan fingerprint density at radius 3 is 0.835 bits per heavy atom. The van der Waals surface area contributed by atoms with Gasteiger partial charge in [-0.25, -0.2) is 9.13 Å². The summed E-state index contributed by atoms with van der Waals surface area (Å²) in [5.41, 5.74) is 0. The maximum atomic E-state index is 13.0. The van der Waals surface area contributed by atoms with Gasteiger partial charge < -0.3 is 33.8 Å². The van der Waals surface area contributed by atoms with Crippen molar-refractivity contribution in [3.05, 3.63) is 0 Å². The lowest BCUT2D eigenvalue weighted by molar-refractivity contribution is -0.161. The molecule has 0 aliphatic heterocycles. The Hall–Kier alpha value is -1.94. The summed E-state index contributed by atoms with van der Waals surface area (Å²) in [6.07, 6.45) is 50.0. The lowest BCUT2D eigenvalue weighted by atomic mass is 10.00. The zero-order chi connectivity index (χ0) is 67.2. The first kappa shape index (κ1) is 89.1.